The number of hydrogen-bond acceptors (Lipinski definition) is 3. The average Bonchev–Trinajstić information content (AvgIpc) is 2.14. The molecule has 0 spiro atoms. The summed E-state index contributed by atoms with van der Waals surface area (Å²) in [4.78, 5) is 3.88. The van der Waals surface area contributed by atoms with Crippen molar-refractivity contribution in [1.82, 2.24) is 4.98 Å². The quantitative estimate of drug-likeness (QED) is 0.702. The van der Waals surface area contributed by atoms with E-state index in [9.17, 15) is 0 Å². The number of aliphatic hydroxyl groups excluding tert-OH is 1. The van der Waals surface area contributed by atoms with Crippen molar-refractivity contribution in [2.24, 2.45) is 0 Å². The van der Waals surface area contributed by atoms with Crippen LogP contribution in [0.5, 0.6) is 5.75 Å². The molecule has 1 rings (SSSR count). The van der Waals surface area contributed by atoms with Gasteiger partial charge in [0.25, 0.3) is 0 Å². The van der Waals surface area contributed by atoms with E-state index in [1.165, 1.54) is 0 Å². The van der Waals surface area contributed by atoms with E-state index in [0.717, 1.165) is 18.6 Å². The fourth-order valence-electron chi connectivity index (χ4n) is 1.00. The Morgan fingerprint density at radius 2 is 2.15 bits per heavy atom. The molecular weight excluding hydrogens is 166 g/mol. The second-order valence-corrected chi connectivity index (χ2v) is 3.02. The maximum absolute atomic E-state index is 8.98. The van der Waals surface area contributed by atoms with Crippen LogP contribution in [0.1, 0.15) is 19.8 Å². The van der Waals surface area contributed by atoms with E-state index in [4.69, 9.17) is 9.84 Å². The second kappa shape index (κ2) is 5.54. The standard InChI is InChI=1S/C10H15NO2/c1-9(12)3-2-8-13-10-4-6-11-7-5-10/h4-7,9,12H,2-3,8H2,1H3. The van der Waals surface area contributed by atoms with Gasteiger partial charge in [0.1, 0.15) is 5.75 Å². The molecule has 3 heteroatoms. The van der Waals surface area contributed by atoms with Crippen molar-refractivity contribution in [2.45, 2.75) is 25.9 Å². The monoisotopic (exact) mass is 181 g/mol. The fourth-order valence-corrected chi connectivity index (χ4v) is 1.00. The SMILES string of the molecule is CC(O)CCCOc1ccncc1. The molecule has 0 radical (unpaired) electrons. The molecule has 0 saturated heterocycles. The van der Waals surface area contributed by atoms with Crippen LogP contribution in [0.4, 0.5) is 0 Å². The highest BCUT2D eigenvalue weighted by atomic mass is 16.5. The minimum atomic E-state index is -0.235. The first-order chi connectivity index (χ1) is 6.29. The first-order valence-electron chi connectivity index (χ1n) is 4.50. The van der Waals surface area contributed by atoms with E-state index < -0.39 is 0 Å². The summed E-state index contributed by atoms with van der Waals surface area (Å²) < 4.78 is 5.41. The van der Waals surface area contributed by atoms with Crippen molar-refractivity contribution >= 4 is 0 Å². The third-order valence-electron chi connectivity index (χ3n) is 1.68. The number of nitrogens with zero attached hydrogens (tertiary/aromatic N) is 1. The van der Waals surface area contributed by atoms with E-state index >= 15 is 0 Å². The van der Waals surface area contributed by atoms with Crippen LogP contribution in [0.25, 0.3) is 0 Å². The van der Waals surface area contributed by atoms with Crippen molar-refractivity contribution in [2.75, 3.05) is 6.61 Å². The zero-order valence-corrected chi connectivity index (χ0v) is 7.81. The number of pyridine rings is 1. The van der Waals surface area contributed by atoms with Crippen molar-refractivity contribution in [1.29, 1.82) is 0 Å². The Morgan fingerprint density at radius 3 is 2.77 bits per heavy atom. The van der Waals surface area contributed by atoms with Gasteiger partial charge in [0.15, 0.2) is 0 Å². The van der Waals surface area contributed by atoms with Gasteiger partial charge < -0.3 is 9.84 Å². The van der Waals surface area contributed by atoms with E-state index in [0.29, 0.717) is 6.61 Å². The molecule has 1 heterocycles. The minimum absolute atomic E-state index is 0.235. The Labute approximate surface area is 78.4 Å². The summed E-state index contributed by atoms with van der Waals surface area (Å²) in [5, 5.41) is 8.98. The average molecular weight is 181 g/mol. The third-order valence-corrected chi connectivity index (χ3v) is 1.68. The lowest BCUT2D eigenvalue weighted by Crippen LogP contribution is -2.04. The van der Waals surface area contributed by atoms with Gasteiger partial charge in [0.05, 0.1) is 12.7 Å². The van der Waals surface area contributed by atoms with Crippen molar-refractivity contribution < 1.29 is 9.84 Å². The van der Waals surface area contributed by atoms with Crippen LogP contribution in [0, 0.1) is 0 Å². The molecule has 1 N–H and O–H groups in total. The molecule has 0 amide bonds. The molecule has 1 unspecified atom stereocenters. The molecule has 0 aliphatic carbocycles. The molecule has 72 valence electrons. The van der Waals surface area contributed by atoms with Gasteiger partial charge in [-0.3, -0.25) is 4.98 Å². The molecule has 0 fully saturated rings. The van der Waals surface area contributed by atoms with Crippen LogP contribution in [0.2, 0.25) is 0 Å². The molecule has 13 heavy (non-hydrogen) atoms. The Morgan fingerprint density at radius 1 is 1.46 bits per heavy atom. The van der Waals surface area contributed by atoms with Crippen molar-refractivity contribution in [3.05, 3.63) is 24.5 Å². The zero-order chi connectivity index (χ0) is 9.52. The van der Waals surface area contributed by atoms with Gasteiger partial charge in [-0.15, -0.1) is 0 Å². The molecule has 1 atom stereocenters. The Balaban J connectivity index is 2.13. The van der Waals surface area contributed by atoms with E-state index in [1.54, 1.807) is 19.3 Å². The number of ether oxygens (including phenoxy) is 1. The fraction of sp³-hybridized carbons (Fsp3) is 0.500. The Bertz CT molecular complexity index is 224. The van der Waals surface area contributed by atoms with Gasteiger partial charge in [-0.1, -0.05) is 0 Å². The molecule has 0 aliphatic heterocycles. The summed E-state index contributed by atoms with van der Waals surface area (Å²) in [6.45, 7) is 2.43. The first kappa shape index (κ1) is 9.99. The molecule has 1 aromatic heterocycles. The predicted molar refractivity (Wildman–Crippen MR) is 50.6 cm³/mol. The number of aromatic nitrogens is 1. The van der Waals surface area contributed by atoms with Crippen molar-refractivity contribution in [3.63, 3.8) is 0 Å². The summed E-state index contributed by atoms with van der Waals surface area (Å²) in [5.41, 5.74) is 0. The molecule has 0 aromatic carbocycles. The highest BCUT2D eigenvalue weighted by Gasteiger charge is 1.96. The topological polar surface area (TPSA) is 42.4 Å². The van der Waals surface area contributed by atoms with Gasteiger partial charge in [-0.2, -0.15) is 0 Å². The summed E-state index contributed by atoms with van der Waals surface area (Å²) in [6, 6.07) is 3.64. The van der Waals surface area contributed by atoms with Gasteiger partial charge in [-0.25, -0.2) is 0 Å². The lowest BCUT2D eigenvalue weighted by atomic mass is 10.2. The van der Waals surface area contributed by atoms with Crippen LogP contribution in [-0.2, 0) is 0 Å². The van der Waals surface area contributed by atoms with Crippen LogP contribution < -0.4 is 4.74 Å². The normalized spacial score (nSPS) is 12.5. The van der Waals surface area contributed by atoms with Crippen LogP contribution >= 0.6 is 0 Å². The van der Waals surface area contributed by atoms with E-state index in [2.05, 4.69) is 4.98 Å². The molecule has 0 bridgehead atoms. The first-order valence-corrected chi connectivity index (χ1v) is 4.50. The molecule has 3 nitrogen and oxygen atoms in total. The van der Waals surface area contributed by atoms with Gasteiger partial charge in [0, 0.05) is 12.4 Å². The minimum Gasteiger partial charge on any atom is -0.493 e. The number of rotatable bonds is 5. The number of aliphatic hydroxyl groups is 1. The van der Waals surface area contributed by atoms with Gasteiger partial charge in [0.2, 0.25) is 0 Å². The smallest absolute Gasteiger partial charge is 0.122 e. The van der Waals surface area contributed by atoms with Crippen molar-refractivity contribution in [3.8, 4) is 5.75 Å². The second-order valence-electron chi connectivity index (χ2n) is 3.02. The molecule has 1 aromatic rings. The summed E-state index contributed by atoms with van der Waals surface area (Å²) in [6.07, 6.45) is 4.82. The lowest BCUT2D eigenvalue weighted by molar-refractivity contribution is 0.170. The van der Waals surface area contributed by atoms with Crippen LogP contribution in [0.3, 0.4) is 0 Å². The zero-order valence-electron chi connectivity index (χ0n) is 7.81. The Hall–Kier alpha value is -1.09. The highest BCUT2D eigenvalue weighted by Crippen LogP contribution is 2.07. The van der Waals surface area contributed by atoms with Crippen LogP contribution in [-0.4, -0.2) is 22.8 Å². The summed E-state index contributed by atoms with van der Waals surface area (Å²) in [7, 11) is 0. The van der Waals surface area contributed by atoms with Gasteiger partial charge >= 0.3 is 0 Å². The van der Waals surface area contributed by atoms with E-state index in [-0.39, 0.29) is 6.10 Å². The Kier molecular flexibility index (Phi) is 4.26. The highest BCUT2D eigenvalue weighted by molar-refractivity contribution is 5.16. The maximum Gasteiger partial charge on any atom is 0.122 e. The summed E-state index contributed by atoms with van der Waals surface area (Å²) >= 11 is 0. The maximum atomic E-state index is 8.98. The summed E-state index contributed by atoms with van der Waals surface area (Å²) in [5.74, 6) is 0.834. The molecule has 0 aliphatic rings. The van der Waals surface area contributed by atoms with Gasteiger partial charge in [-0.05, 0) is 31.9 Å². The van der Waals surface area contributed by atoms with E-state index in [1.807, 2.05) is 12.1 Å². The number of hydrogen-bond donors (Lipinski definition) is 1. The third kappa shape index (κ3) is 4.48. The molecular formula is C10H15NO2. The predicted octanol–water partition coefficient (Wildman–Crippen LogP) is 1.62. The lowest BCUT2D eigenvalue weighted by Gasteiger charge is -2.06. The molecule has 0 saturated carbocycles. The largest absolute Gasteiger partial charge is 0.493 e. The van der Waals surface area contributed by atoms with Crippen LogP contribution in [0.15, 0.2) is 24.5 Å².